The fourth-order valence-electron chi connectivity index (χ4n) is 2.99. The number of carboxylic acids is 2. The summed E-state index contributed by atoms with van der Waals surface area (Å²) in [5, 5.41) is 19.5. The van der Waals surface area contributed by atoms with Gasteiger partial charge in [0.15, 0.2) is 5.43 Å². The zero-order valence-corrected chi connectivity index (χ0v) is 15.6. The molecular formula is C19H17NO6S. The molecule has 0 radical (unpaired) electrons. The maximum Gasteiger partial charge on any atom is 0.371 e. The Balaban J connectivity index is 2.54. The Labute approximate surface area is 158 Å². The van der Waals surface area contributed by atoms with Crippen LogP contribution in [0, 0.1) is 0 Å². The molecule has 3 rings (SSSR count). The fourth-order valence-corrected chi connectivity index (χ4v) is 3.81. The van der Waals surface area contributed by atoms with Crippen LogP contribution in [-0.2, 0) is 6.42 Å². The summed E-state index contributed by atoms with van der Waals surface area (Å²) in [6, 6.07) is 4.06. The van der Waals surface area contributed by atoms with Crippen LogP contribution in [0.3, 0.4) is 0 Å². The van der Waals surface area contributed by atoms with E-state index in [2.05, 4.69) is 4.98 Å². The van der Waals surface area contributed by atoms with E-state index in [1.165, 1.54) is 17.8 Å². The number of nitrogens with zero attached hydrogens (tertiary/aromatic N) is 1. The molecule has 2 N–H and O–H groups in total. The smallest absolute Gasteiger partial charge is 0.371 e. The highest BCUT2D eigenvalue weighted by Gasteiger charge is 2.20. The molecule has 0 saturated carbocycles. The predicted octanol–water partition coefficient (Wildman–Crippen LogP) is 3.80. The number of thioether (sulfide) groups is 1. The van der Waals surface area contributed by atoms with E-state index in [1.807, 2.05) is 13.8 Å². The minimum Gasteiger partial charge on any atom is -0.477 e. The molecule has 0 aliphatic heterocycles. The zero-order valence-electron chi connectivity index (χ0n) is 14.7. The zero-order chi connectivity index (χ0) is 19.7. The molecule has 1 aromatic carbocycles. The number of fused-ring (bicyclic) bond motifs is 2. The molecule has 0 atom stereocenters. The minimum atomic E-state index is -1.34. The Morgan fingerprint density at radius 2 is 1.85 bits per heavy atom. The summed E-state index contributed by atoms with van der Waals surface area (Å²) in [5.74, 6) is -2.24. The van der Waals surface area contributed by atoms with Crippen molar-refractivity contribution in [3.63, 3.8) is 0 Å². The van der Waals surface area contributed by atoms with Crippen LogP contribution in [0.2, 0.25) is 0 Å². The van der Waals surface area contributed by atoms with E-state index in [4.69, 9.17) is 4.42 Å². The number of carboxylic acid groups (broad SMARTS) is 2. The monoisotopic (exact) mass is 387 g/mol. The summed E-state index contributed by atoms with van der Waals surface area (Å²) in [6.45, 7) is 3.87. The van der Waals surface area contributed by atoms with Crippen LogP contribution < -0.4 is 5.43 Å². The number of hydrogen-bond donors (Lipinski definition) is 2. The third-order valence-electron chi connectivity index (χ3n) is 4.08. The Morgan fingerprint density at radius 1 is 1.11 bits per heavy atom. The standard InChI is InChI=1S/C19H17NO6S/c1-3-5-9-16-11(15(27-4-2)7-12(20-16)18(22)23)6-10-13(21)8-14(19(24)25)26-17(9)10/h6-8H,3-5H2,1-2H3,(H,22,23)(H,24,25). The topological polar surface area (TPSA) is 118 Å². The molecule has 2 heterocycles. The Kier molecular flexibility index (Phi) is 5.18. The van der Waals surface area contributed by atoms with Crippen LogP contribution in [0.4, 0.5) is 0 Å². The van der Waals surface area contributed by atoms with Crippen molar-refractivity contribution in [3.8, 4) is 0 Å². The normalized spacial score (nSPS) is 11.2. The lowest BCUT2D eigenvalue weighted by molar-refractivity contribution is 0.0659. The van der Waals surface area contributed by atoms with Gasteiger partial charge in [-0.05, 0) is 24.3 Å². The number of aromatic nitrogens is 1. The Morgan fingerprint density at radius 3 is 2.44 bits per heavy atom. The van der Waals surface area contributed by atoms with E-state index in [-0.39, 0.29) is 16.7 Å². The molecule has 0 unspecified atom stereocenters. The third kappa shape index (κ3) is 3.40. The van der Waals surface area contributed by atoms with Gasteiger partial charge < -0.3 is 14.6 Å². The Bertz CT molecular complexity index is 1130. The molecule has 140 valence electrons. The summed E-state index contributed by atoms with van der Waals surface area (Å²) in [6.07, 6.45) is 1.15. The first-order valence-corrected chi connectivity index (χ1v) is 9.39. The maximum absolute atomic E-state index is 12.5. The molecule has 27 heavy (non-hydrogen) atoms. The van der Waals surface area contributed by atoms with Crippen LogP contribution in [0.1, 0.15) is 46.9 Å². The summed E-state index contributed by atoms with van der Waals surface area (Å²) < 4.78 is 5.50. The van der Waals surface area contributed by atoms with Gasteiger partial charge in [-0.1, -0.05) is 20.3 Å². The molecular weight excluding hydrogens is 370 g/mol. The average Bonchev–Trinajstić information content (AvgIpc) is 2.62. The Hall–Kier alpha value is -2.87. The lowest BCUT2D eigenvalue weighted by Crippen LogP contribution is -2.09. The van der Waals surface area contributed by atoms with Gasteiger partial charge in [-0.2, -0.15) is 0 Å². The predicted molar refractivity (Wildman–Crippen MR) is 102 cm³/mol. The van der Waals surface area contributed by atoms with Gasteiger partial charge in [-0.25, -0.2) is 14.6 Å². The van der Waals surface area contributed by atoms with Gasteiger partial charge in [0.25, 0.3) is 0 Å². The van der Waals surface area contributed by atoms with E-state index in [0.717, 1.165) is 6.07 Å². The molecule has 0 amide bonds. The van der Waals surface area contributed by atoms with Crippen LogP contribution in [0.5, 0.6) is 0 Å². The molecule has 0 spiro atoms. The van der Waals surface area contributed by atoms with Crippen molar-refractivity contribution < 1.29 is 24.2 Å². The highest BCUT2D eigenvalue weighted by Crippen LogP contribution is 2.34. The van der Waals surface area contributed by atoms with Gasteiger partial charge in [0.1, 0.15) is 11.3 Å². The molecule has 8 heteroatoms. The van der Waals surface area contributed by atoms with E-state index < -0.39 is 23.1 Å². The van der Waals surface area contributed by atoms with Crippen molar-refractivity contribution >= 4 is 45.6 Å². The summed E-state index contributed by atoms with van der Waals surface area (Å²) in [4.78, 5) is 40.3. The molecule has 0 aliphatic rings. The molecule has 3 aromatic rings. The van der Waals surface area contributed by atoms with Crippen molar-refractivity contribution in [1.82, 2.24) is 4.98 Å². The average molecular weight is 387 g/mol. The van der Waals surface area contributed by atoms with Gasteiger partial charge in [0, 0.05) is 21.9 Å². The van der Waals surface area contributed by atoms with E-state index in [1.54, 1.807) is 6.07 Å². The minimum absolute atomic E-state index is 0.105. The first kappa shape index (κ1) is 18.9. The number of benzene rings is 1. The van der Waals surface area contributed by atoms with Crippen molar-refractivity contribution in [2.24, 2.45) is 0 Å². The van der Waals surface area contributed by atoms with E-state index >= 15 is 0 Å². The summed E-state index contributed by atoms with van der Waals surface area (Å²) >= 11 is 1.46. The second-order valence-corrected chi connectivity index (χ2v) is 7.21. The highest BCUT2D eigenvalue weighted by atomic mass is 32.2. The van der Waals surface area contributed by atoms with Gasteiger partial charge in [-0.15, -0.1) is 11.8 Å². The summed E-state index contributed by atoms with van der Waals surface area (Å²) in [5.41, 5.74) is 0.559. The largest absolute Gasteiger partial charge is 0.477 e. The lowest BCUT2D eigenvalue weighted by Gasteiger charge is -2.13. The number of aromatic carboxylic acids is 2. The van der Waals surface area contributed by atoms with Crippen molar-refractivity contribution in [3.05, 3.63) is 45.4 Å². The molecule has 2 aromatic heterocycles. The van der Waals surface area contributed by atoms with Crippen molar-refractivity contribution in [2.45, 2.75) is 31.6 Å². The van der Waals surface area contributed by atoms with Gasteiger partial charge in [-0.3, -0.25) is 4.79 Å². The highest BCUT2D eigenvalue weighted by molar-refractivity contribution is 7.99. The lowest BCUT2D eigenvalue weighted by atomic mass is 10.0. The van der Waals surface area contributed by atoms with Gasteiger partial charge in [0.05, 0.1) is 10.9 Å². The quantitative estimate of drug-likeness (QED) is 0.484. The SMILES string of the molecule is CCCc1c2nc(C(=O)O)cc(SCC)c2cc2c(=O)cc(C(=O)O)oc12. The fraction of sp³-hybridized carbons (Fsp3) is 0.263. The third-order valence-corrected chi connectivity index (χ3v) is 5.02. The summed E-state index contributed by atoms with van der Waals surface area (Å²) in [7, 11) is 0. The van der Waals surface area contributed by atoms with Gasteiger partial charge >= 0.3 is 11.9 Å². The molecule has 0 fully saturated rings. The number of carbonyl (C=O) groups is 2. The molecule has 7 nitrogen and oxygen atoms in total. The first-order chi connectivity index (χ1) is 12.9. The van der Waals surface area contributed by atoms with Crippen LogP contribution >= 0.6 is 11.8 Å². The van der Waals surface area contributed by atoms with Crippen molar-refractivity contribution in [2.75, 3.05) is 5.75 Å². The van der Waals surface area contributed by atoms with Gasteiger partial charge in [0.2, 0.25) is 5.76 Å². The van der Waals surface area contributed by atoms with Crippen LogP contribution in [0.15, 0.2) is 32.3 Å². The first-order valence-electron chi connectivity index (χ1n) is 8.41. The molecule has 0 bridgehead atoms. The van der Waals surface area contributed by atoms with E-state index in [0.29, 0.717) is 40.0 Å². The number of hydrogen-bond acceptors (Lipinski definition) is 6. The second kappa shape index (κ2) is 7.40. The number of rotatable bonds is 6. The maximum atomic E-state index is 12.5. The van der Waals surface area contributed by atoms with Crippen LogP contribution in [0.25, 0.3) is 21.9 Å². The number of aryl methyl sites for hydroxylation is 1. The molecule has 0 saturated heterocycles. The van der Waals surface area contributed by atoms with Crippen LogP contribution in [-0.4, -0.2) is 32.9 Å². The molecule has 0 aliphatic carbocycles. The van der Waals surface area contributed by atoms with Crippen molar-refractivity contribution in [1.29, 1.82) is 0 Å². The second-order valence-electron chi connectivity index (χ2n) is 5.90. The van der Waals surface area contributed by atoms with E-state index in [9.17, 15) is 24.6 Å². The number of pyridine rings is 1.